The van der Waals surface area contributed by atoms with E-state index in [0.717, 1.165) is 11.3 Å². The Bertz CT molecular complexity index is 500. The summed E-state index contributed by atoms with van der Waals surface area (Å²) in [6, 6.07) is 11.7. The average molecular weight is 215 g/mol. The molecular weight excluding hydrogens is 202 g/mol. The zero-order valence-electron chi connectivity index (χ0n) is 9.05. The molecule has 0 aliphatic carbocycles. The van der Waals surface area contributed by atoms with Crippen molar-refractivity contribution in [3.63, 3.8) is 0 Å². The Morgan fingerprint density at radius 1 is 1.31 bits per heavy atom. The number of carboxylic acids is 1. The molecule has 0 aliphatic heterocycles. The second kappa shape index (κ2) is 4.23. The lowest BCUT2D eigenvalue weighted by atomic mass is 10.2. The van der Waals surface area contributed by atoms with Crippen molar-refractivity contribution in [3.05, 3.63) is 59.4 Å². The van der Waals surface area contributed by atoms with Crippen LogP contribution in [0.1, 0.15) is 21.6 Å². The summed E-state index contributed by atoms with van der Waals surface area (Å²) < 4.78 is 1.94. The summed E-state index contributed by atoms with van der Waals surface area (Å²) in [6.45, 7) is 2.62. The van der Waals surface area contributed by atoms with Gasteiger partial charge in [-0.3, -0.25) is 0 Å². The second-order valence-electron chi connectivity index (χ2n) is 3.79. The Labute approximate surface area is 94.0 Å². The number of rotatable bonds is 3. The Morgan fingerprint density at radius 2 is 2.00 bits per heavy atom. The van der Waals surface area contributed by atoms with E-state index in [2.05, 4.69) is 0 Å². The molecule has 1 aromatic heterocycles. The third-order valence-electron chi connectivity index (χ3n) is 2.56. The number of carboxylic acid groups (broad SMARTS) is 1. The van der Waals surface area contributed by atoms with Gasteiger partial charge in [0, 0.05) is 18.4 Å². The number of aryl methyl sites for hydroxylation is 1. The lowest BCUT2D eigenvalue weighted by Crippen LogP contribution is -2.00. The molecule has 1 heterocycles. The second-order valence-corrected chi connectivity index (χ2v) is 3.79. The number of aromatic carboxylic acids is 1. The molecule has 0 amide bonds. The molecule has 0 fully saturated rings. The predicted octanol–water partition coefficient (Wildman–Crippen LogP) is 2.54. The third-order valence-corrected chi connectivity index (χ3v) is 2.56. The molecule has 1 aromatic carbocycles. The van der Waals surface area contributed by atoms with E-state index < -0.39 is 5.97 Å². The molecule has 0 atom stereocenters. The van der Waals surface area contributed by atoms with Crippen LogP contribution in [0.5, 0.6) is 0 Å². The summed E-state index contributed by atoms with van der Waals surface area (Å²) in [5, 5.41) is 8.88. The van der Waals surface area contributed by atoms with Gasteiger partial charge in [-0.2, -0.15) is 0 Å². The number of nitrogens with zero attached hydrogens (tertiary/aromatic N) is 1. The molecule has 1 N–H and O–H groups in total. The van der Waals surface area contributed by atoms with E-state index in [4.69, 9.17) is 5.11 Å². The van der Waals surface area contributed by atoms with E-state index in [1.807, 2.05) is 41.8 Å². The lowest BCUT2D eigenvalue weighted by Gasteiger charge is -2.05. The first-order chi connectivity index (χ1) is 7.66. The van der Waals surface area contributed by atoms with Crippen molar-refractivity contribution in [3.8, 4) is 0 Å². The molecule has 0 bridgehead atoms. The molecule has 0 unspecified atom stereocenters. The van der Waals surface area contributed by atoms with Gasteiger partial charge in [-0.15, -0.1) is 0 Å². The molecule has 2 aromatic rings. The Morgan fingerprint density at radius 3 is 2.56 bits per heavy atom. The van der Waals surface area contributed by atoms with Gasteiger partial charge in [-0.05, 0) is 18.6 Å². The first kappa shape index (κ1) is 10.5. The highest BCUT2D eigenvalue weighted by Crippen LogP contribution is 2.11. The van der Waals surface area contributed by atoms with Crippen LogP contribution < -0.4 is 0 Å². The first-order valence-electron chi connectivity index (χ1n) is 5.11. The van der Waals surface area contributed by atoms with Crippen molar-refractivity contribution < 1.29 is 9.90 Å². The maximum atomic E-state index is 10.8. The molecule has 2 rings (SSSR count). The van der Waals surface area contributed by atoms with Gasteiger partial charge in [0.15, 0.2) is 0 Å². The zero-order chi connectivity index (χ0) is 11.5. The topological polar surface area (TPSA) is 42.2 Å². The van der Waals surface area contributed by atoms with Crippen LogP contribution >= 0.6 is 0 Å². The number of carbonyl (C=O) groups is 1. The lowest BCUT2D eigenvalue weighted by molar-refractivity contribution is 0.0697. The quantitative estimate of drug-likeness (QED) is 0.854. The van der Waals surface area contributed by atoms with Gasteiger partial charge >= 0.3 is 5.97 Å². The van der Waals surface area contributed by atoms with Gasteiger partial charge < -0.3 is 9.67 Å². The summed E-state index contributed by atoms with van der Waals surface area (Å²) in [4.78, 5) is 10.8. The Hall–Kier alpha value is -2.03. The minimum atomic E-state index is -0.880. The largest absolute Gasteiger partial charge is 0.478 e. The van der Waals surface area contributed by atoms with Gasteiger partial charge in [-0.25, -0.2) is 4.79 Å². The summed E-state index contributed by atoms with van der Waals surface area (Å²) in [5.74, 6) is -0.880. The van der Waals surface area contributed by atoms with Crippen LogP contribution in [0.4, 0.5) is 0 Å². The SMILES string of the molecule is Cc1cc(C(=O)O)cn1Cc1ccccc1. The Balaban J connectivity index is 2.25. The van der Waals surface area contributed by atoms with Gasteiger partial charge in [0.25, 0.3) is 0 Å². The summed E-state index contributed by atoms with van der Waals surface area (Å²) >= 11 is 0. The van der Waals surface area contributed by atoms with Gasteiger partial charge in [0.1, 0.15) is 0 Å². The third kappa shape index (κ3) is 2.14. The van der Waals surface area contributed by atoms with E-state index in [1.54, 1.807) is 12.3 Å². The van der Waals surface area contributed by atoms with Gasteiger partial charge in [0.2, 0.25) is 0 Å². The first-order valence-corrected chi connectivity index (χ1v) is 5.11. The molecule has 3 nitrogen and oxygen atoms in total. The number of hydrogen-bond acceptors (Lipinski definition) is 1. The molecule has 0 aliphatic rings. The smallest absolute Gasteiger partial charge is 0.337 e. The number of benzene rings is 1. The maximum Gasteiger partial charge on any atom is 0.337 e. The van der Waals surface area contributed by atoms with Crippen LogP contribution in [0, 0.1) is 6.92 Å². The highest BCUT2D eigenvalue weighted by Gasteiger charge is 2.08. The fourth-order valence-electron chi connectivity index (χ4n) is 1.68. The number of aromatic nitrogens is 1. The van der Waals surface area contributed by atoms with Crippen LogP contribution in [-0.4, -0.2) is 15.6 Å². The van der Waals surface area contributed by atoms with E-state index in [9.17, 15) is 4.79 Å². The van der Waals surface area contributed by atoms with Crippen molar-refractivity contribution in [2.45, 2.75) is 13.5 Å². The summed E-state index contributed by atoms with van der Waals surface area (Å²) in [7, 11) is 0. The van der Waals surface area contributed by atoms with Gasteiger partial charge in [-0.1, -0.05) is 30.3 Å². The normalized spacial score (nSPS) is 10.3. The van der Waals surface area contributed by atoms with E-state index in [-0.39, 0.29) is 0 Å². The molecule has 0 spiro atoms. The maximum absolute atomic E-state index is 10.8. The fraction of sp³-hybridized carbons (Fsp3) is 0.154. The van der Waals surface area contributed by atoms with Crippen molar-refractivity contribution in [1.29, 1.82) is 0 Å². The summed E-state index contributed by atoms with van der Waals surface area (Å²) in [6.07, 6.45) is 1.67. The monoisotopic (exact) mass is 215 g/mol. The molecule has 16 heavy (non-hydrogen) atoms. The average Bonchev–Trinajstić information content (AvgIpc) is 2.62. The zero-order valence-corrected chi connectivity index (χ0v) is 9.05. The van der Waals surface area contributed by atoms with Crippen LogP contribution in [0.3, 0.4) is 0 Å². The highest BCUT2D eigenvalue weighted by molar-refractivity contribution is 5.87. The molecule has 0 saturated heterocycles. The summed E-state index contributed by atoms with van der Waals surface area (Å²) in [5.41, 5.74) is 2.47. The minimum Gasteiger partial charge on any atom is -0.478 e. The van der Waals surface area contributed by atoms with Gasteiger partial charge in [0.05, 0.1) is 5.56 Å². The van der Waals surface area contributed by atoms with Crippen LogP contribution in [-0.2, 0) is 6.54 Å². The molecule has 0 radical (unpaired) electrons. The van der Waals surface area contributed by atoms with Crippen molar-refractivity contribution in [2.24, 2.45) is 0 Å². The highest BCUT2D eigenvalue weighted by atomic mass is 16.4. The van der Waals surface area contributed by atoms with E-state index in [1.165, 1.54) is 0 Å². The Kier molecular flexibility index (Phi) is 2.77. The van der Waals surface area contributed by atoms with E-state index >= 15 is 0 Å². The fourth-order valence-corrected chi connectivity index (χ4v) is 1.68. The van der Waals surface area contributed by atoms with Crippen LogP contribution in [0.2, 0.25) is 0 Å². The molecule has 82 valence electrons. The minimum absolute atomic E-state index is 0.341. The molecular formula is C13H13NO2. The van der Waals surface area contributed by atoms with Crippen molar-refractivity contribution in [1.82, 2.24) is 4.57 Å². The number of hydrogen-bond donors (Lipinski definition) is 1. The standard InChI is InChI=1S/C13H13NO2/c1-10-7-12(13(15)16)9-14(10)8-11-5-3-2-4-6-11/h2-7,9H,8H2,1H3,(H,15,16). The molecule has 0 saturated carbocycles. The molecule has 3 heteroatoms. The van der Waals surface area contributed by atoms with E-state index in [0.29, 0.717) is 12.1 Å². The van der Waals surface area contributed by atoms with Crippen molar-refractivity contribution in [2.75, 3.05) is 0 Å². The predicted molar refractivity (Wildman–Crippen MR) is 61.7 cm³/mol. The van der Waals surface area contributed by atoms with Crippen molar-refractivity contribution >= 4 is 5.97 Å². The van der Waals surface area contributed by atoms with Crippen LogP contribution in [0.25, 0.3) is 0 Å². The van der Waals surface area contributed by atoms with Crippen LogP contribution in [0.15, 0.2) is 42.6 Å².